The summed E-state index contributed by atoms with van der Waals surface area (Å²) >= 11 is 0. The Kier molecular flexibility index (Phi) is 10.6. The molecule has 1 atom stereocenters. The number of hydrogen-bond acceptors (Lipinski definition) is 1. The van der Waals surface area contributed by atoms with E-state index in [9.17, 15) is 0 Å². The molecule has 0 spiro atoms. The van der Waals surface area contributed by atoms with Crippen LogP contribution in [0.5, 0.6) is 0 Å². The summed E-state index contributed by atoms with van der Waals surface area (Å²) < 4.78 is 0. The number of anilines is 3. The van der Waals surface area contributed by atoms with E-state index in [4.69, 9.17) is 0 Å². The van der Waals surface area contributed by atoms with Crippen molar-refractivity contribution in [3.05, 3.63) is 191 Å². The van der Waals surface area contributed by atoms with Crippen molar-refractivity contribution in [1.29, 1.82) is 0 Å². The molecule has 6 aromatic rings. The molecule has 0 radical (unpaired) electrons. The molecule has 8 rings (SSSR count). The number of hydrogen-bond donors (Lipinski definition) is 0. The Bertz CT molecular complexity index is 2660. The summed E-state index contributed by atoms with van der Waals surface area (Å²) in [5, 5.41) is 0. The molecule has 1 unspecified atom stereocenters. The summed E-state index contributed by atoms with van der Waals surface area (Å²) in [4.78, 5) is 2.47. The third-order valence-electron chi connectivity index (χ3n) is 14.1. The van der Waals surface area contributed by atoms with E-state index in [2.05, 4.69) is 254 Å². The highest BCUT2D eigenvalue weighted by Crippen LogP contribution is 2.56. The van der Waals surface area contributed by atoms with Gasteiger partial charge in [-0.2, -0.15) is 0 Å². The van der Waals surface area contributed by atoms with Gasteiger partial charge < -0.3 is 4.90 Å². The topological polar surface area (TPSA) is 3.24 Å². The van der Waals surface area contributed by atoms with Crippen LogP contribution in [-0.2, 0) is 21.7 Å². The van der Waals surface area contributed by atoms with E-state index in [1.54, 1.807) is 0 Å². The number of nitrogens with zero attached hydrogens (tertiary/aromatic N) is 1. The standard InChI is InChI=1S/C61H69N/c1-56(2,3)45-35-46(57(4,5)6)37-47(36-45)61(59(10,11)12)39-44(33-48(40-61)58(7,8)9)43-23-20-24-50(34-43)62(49-29-27-42(28-30-49)41-21-16-15-17-22-41)51-31-32-53-52-25-18-19-26-54(52)60(13,14)55(53)38-51/h15-38,40H,39H2,1-14H3. The zero-order valence-electron chi connectivity index (χ0n) is 40.1. The lowest BCUT2D eigenvalue weighted by Gasteiger charge is -2.48. The molecule has 0 aliphatic heterocycles. The van der Waals surface area contributed by atoms with Gasteiger partial charge in [0.25, 0.3) is 0 Å². The maximum atomic E-state index is 2.67. The van der Waals surface area contributed by atoms with Gasteiger partial charge in [-0.15, -0.1) is 0 Å². The Morgan fingerprint density at radius 1 is 0.452 bits per heavy atom. The lowest BCUT2D eigenvalue weighted by Crippen LogP contribution is -2.41. The molecule has 0 saturated heterocycles. The molecule has 0 N–H and O–H groups in total. The van der Waals surface area contributed by atoms with E-state index in [-0.39, 0.29) is 32.5 Å². The molecule has 0 fully saturated rings. The predicted molar refractivity (Wildman–Crippen MR) is 269 cm³/mol. The fraction of sp³-hybridized carbons (Fsp3) is 0.344. The van der Waals surface area contributed by atoms with Gasteiger partial charge in [0.2, 0.25) is 0 Å². The third kappa shape index (κ3) is 7.82. The van der Waals surface area contributed by atoms with Crippen molar-refractivity contribution in [2.45, 2.75) is 125 Å². The van der Waals surface area contributed by atoms with E-state index >= 15 is 0 Å². The highest BCUT2D eigenvalue weighted by atomic mass is 15.1. The SMILES string of the molecule is CC(C)(C)C1=CC(c2cc(C(C)(C)C)cc(C(C)(C)C)c2)(C(C)(C)C)CC(c2cccc(N(c3ccc(-c4ccccc4)cc3)c3ccc4c(c3)C(C)(C)c3ccccc3-4)c2)=C1. The first-order chi connectivity index (χ1) is 29.0. The summed E-state index contributed by atoms with van der Waals surface area (Å²) in [7, 11) is 0. The molecule has 2 aliphatic rings. The van der Waals surface area contributed by atoms with Gasteiger partial charge in [-0.3, -0.25) is 0 Å². The van der Waals surface area contributed by atoms with Crippen LogP contribution in [0.4, 0.5) is 17.1 Å². The van der Waals surface area contributed by atoms with E-state index in [0.717, 1.165) is 17.8 Å². The van der Waals surface area contributed by atoms with Gasteiger partial charge in [-0.05, 0) is 131 Å². The molecule has 0 bridgehead atoms. The highest BCUT2D eigenvalue weighted by molar-refractivity contribution is 5.87. The molecule has 0 aromatic heterocycles. The first kappa shape index (κ1) is 43.3. The molecule has 0 heterocycles. The number of rotatable bonds is 6. The summed E-state index contributed by atoms with van der Waals surface area (Å²) in [5.74, 6) is 0. The highest BCUT2D eigenvalue weighted by Gasteiger charge is 2.46. The monoisotopic (exact) mass is 816 g/mol. The first-order valence-corrected chi connectivity index (χ1v) is 22.9. The second kappa shape index (κ2) is 15.1. The zero-order valence-corrected chi connectivity index (χ0v) is 40.1. The zero-order chi connectivity index (χ0) is 44.6. The van der Waals surface area contributed by atoms with Crippen LogP contribution in [0, 0.1) is 10.8 Å². The Hall–Kier alpha value is -5.40. The maximum absolute atomic E-state index is 2.67. The molecule has 318 valence electrons. The van der Waals surface area contributed by atoms with Crippen molar-refractivity contribution in [3.8, 4) is 22.3 Å². The molecular weight excluding hydrogens is 747 g/mol. The largest absolute Gasteiger partial charge is 0.310 e. The fourth-order valence-electron chi connectivity index (χ4n) is 9.92. The second-order valence-electron chi connectivity index (χ2n) is 22.9. The fourth-order valence-corrected chi connectivity index (χ4v) is 9.92. The van der Waals surface area contributed by atoms with Gasteiger partial charge in [0.05, 0.1) is 0 Å². The smallest absolute Gasteiger partial charge is 0.0467 e. The third-order valence-corrected chi connectivity index (χ3v) is 14.1. The van der Waals surface area contributed by atoms with Gasteiger partial charge in [-0.1, -0.05) is 212 Å². The van der Waals surface area contributed by atoms with Gasteiger partial charge in [-0.25, -0.2) is 0 Å². The molecule has 0 saturated carbocycles. The number of fused-ring (bicyclic) bond motifs is 3. The van der Waals surface area contributed by atoms with Crippen LogP contribution in [0.2, 0.25) is 0 Å². The van der Waals surface area contributed by atoms with Gasteiger partial charge >= 0.3 is 0 Å². The van der Waals surface area contributed by atoms with E-state index in [1.165, 1.54) is 72.5 Å². The van der Waals surface area contributed by atoms with Crippen molar-refractivity contribution >= 4 is 22.6 Å². The van der Waals surface area contributed by atoms with Crippen molar-refractivity contribution in [1.82, 2.24) is 0 Å². The van der Waals surface area contributed by atoms with E-state index in [0.29, 0.717) is 0 Å². The van der Waals surface area contributed by atoms with Crippen molar-refractivity contribution in [3.63, 3.8) is 0 Å². The van der Waals surface area contributed by atoms with Gasteiger partial charge in [0.1, 0.15) is 0 Å². The van der Waals surface area contributed by atoms with Crippen LogP contribution in [0.1, 0.15) is 137 Å². The summed E-state index contributed by atoms with van der Waals surface area (Å²) in [6, 6.07) is 52.8. The van der Waals surface area contributed by atoms with Crippen LogP contribution < -0.4 is 4.90 Å². The average molecular weight is 816 g/mol. The lowest BCUT2D eigenvalue weighted by molar-refractivity contribution is 0.235. The lowest BCUT2D eigenvalue weighted by atomic mass is 9.55. The second-order valence-corrected chi connectivity index (χ2v) is 22.9. The minimum absolute atomic E-state index is 0.0195. The number of allylic oxidation sites excluding steroid dienone is 4. The molecule has 62 heavy (non-hydrogen) atoms. The summed E-state index contributed by atoms with van der Waals surface area (Å²) in [6.45, 7) is 33.4. The van der Waals surface area contributed by atoms with E-state index in [1.807, 2.05) is 0 Å². The van der Waals surface area contributed by atoms with E-state index < -0.39 is 0 Å². The van der Waals surface area contributed by atoms with Gasteiger partial charge in [0.15, 0.2) is 0 Å². The van der Waals surface area contributed by atoms with Crippen LogP contribution >= 0.6 is 0 Å². The van der Waals surface area contributed by atoms with Crippen molar-refractivity contribution < 1.29 is 0 Å². The van der Waals surface area contributed by atoms with Gasteiger partial charge in [0, 0.05) is 27.9 Å². The quantitative estimate of drug-likeness (QED) is 0.162. The van der Waals surface area contributed by atoms with Crippen LogP contribution in [0.25, 0.3) is 27.8 Å². The van der Waals surface area contributed by atoms with Crippen LogP contribution in [0.3, 0.4) is 0 Å². The Balaban J connectivity index is 1.30. The molecular formula is C61H69N. The first-order valence-electron chi connectivity index (χ1n) is 22.9. The molecule has 6 aromatic carbocycles. The summed E-state index contributed by atoms with van der Waals surface area (Å²) in [5.41, 5.74) is 19.2. The minimum atomic E-state index is -0.246. The number of benzene rings is 6. The maximum Gasteiger partial charge on any atom is 0.0467 e. The normalized spacial score (nSPS) is 17.5. The predicted octanol–water partition coefficient (Wildman–Crippen LogP) is 17.5. The minimum Gasteiger partial charge on any atom is -0.310 e. The Morgan fingerprint density at radius 2 is 1.00 bits per heavy atom. The molecule has 2 aliphatic carbocycles. The molecule has 0 amide bonds. The van der Waals surface area contributed by atoms with Crippen molar-refractivity contribution in [2.75, 3.05) is 4.90 Å². The molecule has 1 nitrogen and oxygen atoms in total. The Labute approximate surface area is 374 Å². The molecule has 1 heteroatoms. The Morgan fingerprint density at radius 3 is 1.61 bits per heavy atom. The van der Waals surface area contributed by atoms with Crippen LogP contribution in [-0.4, -0.2) is 0 Å². The summed E-state index contributed by atoms with van der Waals surface area (Å²) in [6.07, 6.45) is 6.10. The van der Waals surface area contributed by atoms with Crippen molar-refractivity contribution in [2.24, 2.45) is 10.8 Å². The van der Waals surface area contributed by atoms with Crippen LogP contribution in [0.15, 0.2) is 157 Å². The average Bonchev–Trinajstić information content (AvgIpc) is 3.45.